The van der Waals surface area contributed by atoms with Gasteiger partial charge in [-0.2, -0.15) is 0 Å². The minimum Gasteiger partial charge on any atom is -0.0616 e. The minimum absolute atomic E-state index is 0.170. The third-order valence-electron chi connectivity index (χ3n) is 17.0. The Morgan fingerprint density at radius 3 is 0.868 bits per heavy atom. The Labute approximate surface area is 543 Å². The lowest BCUT2D eigenvalue weighted by atomic mass is 9.82. The van der Waals surface area contributed by atoms with Gasteiger partial charge in [-0.05, 0) is 157 Å². The molecule has 0 aliphatic rings. The Kier molecular flexibility index (Phi) is 19.1. The van der Waals surface area contributed by atoms with Gasteiger partial charge < -0.3 is 0 Å². The molecule has 0 atom stereocenters. The van der Waals surface area contributed by atoms with E-state index in [1.54, 1.807) is 0 Å². The molecule has 15 aromatic carbocycles. The van der Waals surface area contributed by atoms with Gasteiger partial charge in [0, 0.05) is 0 Å². The molecule has 0 amide bonds. The summed E-state index contributed by atoms with van der Waals surface area (Å²) in [4.78, 5) is 0. The summed E-state index contributed by atoms with van der Waals surface area (Å²) in [6.45, 7) is 36.0. The maximum absolute atomic E-state index is 2.34. The topological polar surface area (TPSA) is 0 Å². The lowest BCUT2D eigenvalue weighted by Gasteiger charge is -2.22. The first-order chi connectivity index (χ1) is 43.2. The number of fused-ring (bicyclic) bond motifs is 15. The van der Waals surface area contributed by atoms with Gasteiger partial charge in [0.2, 0.25) is 0 Å². The van der Waals surface area contributed by atoms with Crippen LogP contribution in [0.2, 0.25) is 0 Å². The van der Waals surface area contributed by atoms with E-state index >= 15 is 0 Å². The Hall–Kier alpha value is -9.10. The first-order valence-electron chi connectivity index (χ1n) is 32.7. The highest BCUT2D eigenvalue weighted by Crippen LogP contribution is 2.37. The standard InChI is InChI=1S/4C18H18.C14H10.C5H12/c1-18(2,3)16-10-6-8-14-12-11-13-7-4-5-9-15(13)17(14)16;1-18(2,3)17-10-6-9-15-14-8-5-4-7-13(14)11-12-16(15)17;1-18(2,3)15-10-11-17-14(12-15)9-8-13-6-4-5-7-16(13)17;1-18(2,3)15-11-10-14-9-8-13-6-4-5-7-16(13)17(14)12-15;1-3-7-13-11(5-1)9-10-12-6-2-4-8-14(12)13;1-5(2,3)4/h4*4-12H,1-3H3;1-10H;1-4H3. The number of hydrogen-bond donors (Lipinski definition) is 0. The summed E-state index contributed by atoms with van der Waals surface area (Å²) >= 11 is 0. The van der Waals surface area contributed by atoms with Crippen molar-refractivity contribution < 1.29 is 0 Å². The van der Waals surface area contributed by atoms with E-state index in [0.29, 0.717) is 5.41 Å². The van der Waals surface area contributed by atoms with Crippen molar-refractivity contribution in [1.82, 2.24) is 0 Å². The summed E-state index contributed by atoms with van der Waals surface area (Å²) < 4.78 is 0. The van der Waals surface area contributed by atoms with Crippen molar-refractivity contribution in [2.24, 2.45) is 5.41 Å². The largest absolute Gasteiger partial charge is 0.0616 e. The molecule has 0 aliphatic heterocycles. The van der Waals surface area contributed by atoms with Crippen LogP contribution in [0, 0.1) is 5.41 Å². The monoisotopic (exact) mass is 1190 g/mol. The molecule has 0 saturated heterocycles. The molecule has 0 fully saturated rings. The summed E-state index contributed by atoms with van der Waals surface area (Å²) in [5, 5.41) is 26.8. The average Bonchev–Trinajstić information content (AvgIpc) is 0.987. The Morgan fingerprint density at radius 1 is 0.165 bits per heavy atom. The zero-order chi connectivity index (χ0) is 64.9. The van der Waals surface area contributed by atoms with Crippen molar-refractivity contribution in [2.75, 3.05) is 0 Å². The van der Waals surface area contributed by atoms with Crippen LogP contribution in [0.1, 0.15) is 133 Å². The predicted octanol–water partition coefficient (Wildman–Crippen LogP) is 27.2. The zero-order valence-corrected chi connectivity index (χ0v) is 57.1. The van der Waals surface area contributed by atoms with E-state index in [4.69, 9.17) is 0 Å². The second-order valence-corrected chi connectivity index (χ2v) is 30.3. The second-order valence-electron chi connectivity index (χ2n) is 30.3. The molecule has 0 unspecified atom stereocenters. The zero-order valence-electron chi connectivity index (χ0n) is 57.1. The average molecular weight is 1190 g/mol. The van der Waals surface area contributed by atoms with Crippen LogP contribution in [0.4, 0.5) is 0 Å². The minimum atomic E-state index is 0.170. The van der Waals surface area contributed by atoms with Gasteiger partial charge in [0.15, 0.2) is 0 Å². The number of rotatable bonds is 0. The third-order valence-corrected chi connectivity index (χ3v) is 17.0. The van der Waals surface area contributed by atoms with Crippen molar-refractivity contribution in [2.45, 2.75) is 132 Å². The summed E-state index contributed by atoms with van der Waals surface area (Å²) in [5.74, 6) is 0. The van der Waals surface area contributed by atoms with Crippen LogP contribution in [-0.2, 0) is 21.7 Å². The number of hydrogen-bond acceptors (Lipinski definition) is 0. The van der Waals surface area contributed by atoms with Crippen LogP contribution in [-0.4, -0.2) is 0 Å². The van der Waals surface area contributed by atoms with Crippen LogP contribution in [0.15, 0.2) is 279 Å². The van der Waals surface area contributed by atoms with Gasteiger partial charge in [-0.15, -0.1) is 0 Å². The molecule has 0 spiro atoms. The van der Waals surface area contributed by atoms with E-state index in [1.807, 2.05) is 0 Å². The highest BCUT2D eigenvalue weighted by atomic mass is 14.2. The molecule has 91 heavy (non-hydrogen) atoms. The molecule has 0 aliphatic carbocycles. The van der Waals surface area contributed by atoms with E-state index in [-0.39, 0.29) is 21.7 Å². The lowest BCUT2D eigenvalue weighted by molar-refractivity contribution is 0.469. The maximum atomic E-state index is 2.34. The van der Waals surface area contributed by atoms with Crippen LogP contribution in [0.5, 0.6) is 0 Å². The summed E-state index contributed by atoms with van der Waals surface area (Å²) in [5.41, 5.74) is 6.90. The molecule has 0 radical (unpaired) electrons. The number of benzene rings is 15. The van der Waals surface area contributed by atoms with Crippen molar-refractivity contribution in [3.63, 3.8) is 0 Å². The first-order valence-corrected chi connectivity index (χ1v) is 32.7. The normalized spacial score (nSPS) is 12.0. The van der Waals surface area contributed by atoms with Crippen molar-refractivity contribution in [3.8, 4) is 0 Å². The summed E-state index contributed by atoms with van der Waals surface area (Å²) in [6, 6.07) is 101. The fraction of sp³-hybridized carbons (Fsp3) is 0.231. The highest BCUT2D eigenvalue weighted by molar-refractivity contribution is 6.12. The van der Waals surface area contributed by atoms with Crippen molar-refractivity contribution >= 4 is 108 Å². The summed E-state index contributed by atoms with van der Waals surface area (Å²) in [6.07, 6.45) is 0. The van der Waals surface area contributed by atoms with Gasteiger partial charge in [-0.3, -0.25) is 0 Å². The SMILES string of the molecule is CC(C)(C)C.CC(C)(C)c1ccc2c(ccc3ccccc32)c1.CC(C)(C)c1ccc2ccc3ccccc3c2c1.CC(C)(C)c1cccc2c1ccc1ccccc12.CC(C)(C)c1cccc2ccc3ccccc3c12.c1ccc2c(c1)ccc1ccccc12. The van der Waals surface area contributed by atoms with Crippen molar-refractivity contribution in [1.29, 1.82) is 0 Å². The van der Waals surface area contributed by atoms with Gasteiger partial charge in [0.1, 0.15) is 0 Å². The molecule has 0 saturated carbocycles. The smallest absolute Gasteiger partial charge is 0.00680 e. The Morgan fingerprint density at radius 2 is 0.429 bits per heavy atom. The molecule has 458 valence electrons. The van der Waals surface area contributed by atoms with E-state index in [1.165, 1.54) is 130 Å². The Balaban J connectivity index is 0.000000123. The first kappa shape index (κ1) is 64.9. The third kappa shape index (κ3) is 15.6. The molecule has 0 nitrogen and oxygen atoms in total. The quantitative estimate of drug-likeness (QED) is 0.133. The van der Waals surface area contributed by atoms with Crippen LogP contribution < -0.4 is 0 Å². The molecule has 0 aromatic heterocycles. The molecule has 0 bridgehead atoms. The fourth-order valence-corrected chi connectivity index (χ4v) is 12.3. The predicted molar refractivity (Wildman–Crippen MR) is 407 cm³/mol. The van der Waals surface area contributed by atoms with Crippen LogP contribution >= 0.6 is 0 Å². The van der Waals surface area contributed by atoms with E-state index in [9.17, 15) is 0 Å². The van der Waals surface area contributed by atoms with Crippen LogP contribution in [0.3, 0.4) is 0 Å². The molecule has 15 aromatic rings. The van der Waals surface area contributed by atoms with E-state index < -0.39 is 0 Å². The molecule has 0 heteroatoms. The highest BCUT2D eigenvalue weighted by Gasteiger charge is 2.20. The second kappa shape index (κ2) is 26.8. The van der Waals surface area contributed by atoms with E-state index in [2.05, 4.69) is 390 Å². The molecule has 0 heterocycles. The lowest BCUT2D eigenvalue weighted by Crippen LogP contribution is -2.11. The van der Waals surface area contributed by atoms with E-state index in [0.717, 1.165) is 0 Å². The molecular weight excluding hydrogens is 1090 g/mol. The molecule has 15 rings (SSSR count). The molecule has 0 N–H and O–H groups in total. The van der Waals surface area contributed by atoms with Gasteiger partial charge in [-0.1, -0.05) is 390 Å². The van der Waals surface area contributed by atoms with Gasteiger partial charge >= 0.3 is 0 Å². The van der Waals surface area contributed by atoms with Gasteiger partial charge in [0.05, 0.1) is 0 Å². The molecular formula is C91H94. The Bertz CT molecular complexity index is 4900. The van der Waals surface area contributed by atoms with Crippen molar-refractivity contribution in [3.05, 3.63) is 301 Å². The fourth-order valence-electron chi connectivity index (χ4n) is 12.3. The van der Waals surface area contributed by atoms with Gasteiger partial charge in [-0.25, -0.2) is 0 Å². The maximum Gasteiger partial charge on any atom is -0.00680 e. The van der Waals surface area contributed by atoms with Crippen LogP contribution in [0.25, 0.3) is 108 Å². The van der Waals surface area contributed by atoms with Gasteiger partial charge in [0.25, 0.3) is 0 Å². The summed E-state index contributed by atoms with van der Waals surface area (Å²) in [7, 11) is 0.